The number of nitrogens with zero attached hydrogens (tertiary/aromatic N) is 4. The van der Waals surface area contributed by atoms with Crippen LogP contribution in [0.25, 0.3) is 0 Å². The van der Waals surface area contributed by atoms with Crippen LogP contribution in [0.1, 0.15) is 33.4 Å². The van der Waals surface area contributed by atoms with Crippen molar-refractivity contribution in [3.8, 4) is 0 Å². The molecule has 0 radical (unpaired) electrons. The van der Waals surface area contributed by atoms with Crippen molar-refractivity contribution in [3.63, 3.8) is 0 Å². The summed E-state index contributed by atoms with van der Waals surface area (Å²) >= 11 is 0. The Morgan fingerprint density at radius 2 is 0.346 bits per heavy atom. The van der Waals surface area contributed by atoms with Crippen molar-refractivity contribution in [1.82, 2.24) is 19.6 Å². The lowest BCUT2D eigenvalue weighted by Crippen LogP contribution is -2.42. The number of benzene rings is 6. The zero-order valence-electron chi connectivity index (χ0n) is 30.6. The first kappa shape index (κ1) is 36.9. The van der Waals surface area contributed by atoms with E-state index in [1.807, 2.05) is 0 Å². The molecule has 4 nitrogen and oxygen atoms in total. The molecule has 0 aliphatic carbocycles. The molecule has 0 bridgehead atoms. The summed E-state index contributed by atoms with van der Waals surface area (Å²) in [5.41, 5.74) is 8.16. The summed E-state index contributed by atoms with van der Waals surface area (Å²) in [5.74, 6) is 0. The molecule has 0 unspecified atom stereocenters. The highest BCUT2D eigenvalue weighted by Gasteiger charge is 2.16. The minimum Gasteiger partial charge on any atom is -0.300 e. The maximum absolute atomic E-state index is 2.72. The standard InChI is InChI=1S/C48H54N4/c1-7-19-43(20-8-1)37-50(38-44-21-9-2-10-22-44)34-31-49(32-35-51(39-45-23-11-3-12-24-45)40-46-25-13-4-14-26-46)33-36-52(41-47-27-15-5-16-28-47)42-48-29-17-6-18-30-48/h1-30H,31-42H2. The van der Waals surface area contributed by atoms with E-state index in [1.165, 1.54) is 33.4 Å². The van der Waals surface area contributed by atoms with Crippen molar-refractivity contribution < 1.29 is 0 Å². The Balaban J connectivity index is 1.20. The molecule has 0 aromatic heterocycles. The maximum atomic E-state index is 2.72. The Bertz CT molecular complexity index is 1440. The van der Waals surface area contributed by atoms with Crippen molar-refractivity contribution in [2.45, 2.75) is 39.3 Å². The molecule has 0 heterocycles. The summed E-state index contributed by atoms with van der Waals surface area (Å²) in [5, 5.41) is 0. The molecule has 266 valence electrons. The fraction of sp³-hybridized carbons (Fsp3) is 0.250. The largest absolute Gasteiger partial charge is 0.300 e. The molecule has 0 atom stereocenters. The van der Waals surface area contributed by atoms with E-state index >= 15 is 0 Å². The molecule has 6 aromatic carbocycles. The smallest absolute Gasteiger partial charge is 0.0237 e. The fourth-order valence-corrected chi connectivity index (χ4v) is 6.88. The van der Waals surface area contributed by atoms with Gasteiger partial charge in [0.2, 0.25) is 0 Å². The van der Waals surface area contributed by atoms with Crippen LogP contribution >= 0.6 is 0 Å². The second kappa shape index (κ2) is 20.9. The summed E-state index contributed by atoms with van der Waals surface area (Å²) in [6.07, 6.45) is 0. The molecule has 0 amide bonds. The second-order valence-electron chi connectivity index (χ2n) is 13.9. The Morgan fingerprint density at radius 1 is 0.192 bits per heavy atom. The normalized spacial score (nSPS) is 11.5. The maximum Gasteiger partial charge on any atom is 0.0237 e. The first-order valence-electron chi connectivity index (χ1n) is 18.9. The van der Waals surface area contributed by atoms with Gasteiger partial charge < -0.3 is 0 Å². The van der Waals surface area contributed by atoms with Crippen LogP contribution in [-0.4, -0.2) is 58.9 Å². The first-order chi connectivity index (χ1) is 25.7. The van der Waals surface area contributed by atoms with Crippen LogP contribution < -0.4 is 0 Å². The van der Waals surface area contributed by atoms with Gasteiger partial charge in [-0.1, -0.05) is 182 Å². The van der Waals surface area contributed by atoms with E-state index in [0.29, 0.717) is 0 Å². The molecule has 0 aliphatic heterocycles. The lowest BCUT2D eigenvalue weighted by molar-refractivity contribution is 0.142. The Morgan fingerprint density at radius 3 is 0.519 bits per heavy atom. The van der Waals surface area contributed by atoms with Crippen molar-refractivity contribution >= 4 is 0 Å². The van der Waals surface area contributed by atoms with Crippen LogP contribution in [-0.2, 0) is 39.3 Å². The van der Waals surface area contributed by atoms with Gasteiger partial charge >= 0.3 is 0 Å². The van der Waals surface area contributed by atoms with E-state index in [1.54, 1.807) is 0 Å². The number of rotatable bonds is 21. The minimum absolute atomic E-state index is 0.936. The summed E-state index contributed by atoms with van der Waals surface area (Å²) < 4.78 is 0. The summed E-state index contributed by atoms with van der Waals surface area (Å²) in [7, 11) is 0. The van der Waals surface area contributed by atoms with Crippen LogP contribution in [0.3, 0.4) is 0 Å². The highest BCUT2D eigenvalue weighted by Crippen LogP contribution is 2.14. The molecule has 6 rings (SSSR count). The van der Waals surface area contributed by atoms with E-state index in [9.17, 15) is 0 Å². The van der Waals surface area contributed by atoms with Crippen molar-refractivity contribution in [2.75, 3.05) is 39.3 Å². The van der Waals surface area contributed by atoms with Gasteiger partial charge in [-0.25, -0.2) is 0 Å². The lowest BCUT2D eigenvalue weighted by Gasteiger charge is -2.32. The van der Waals surface area contributed by atoms with Crippen molar-refractivity contribution in [3.05, 3.63) is 215 Å². The van der Waals surface area contributed by atoms with Crippen LogP contribution in [0.15, 0.2) is 182 Å². The topological polar surface area (TPSA) is 13.0 Å². The van der Waals surface area contributed by atoms with Gasteiger partial charge in [-0.15, -0.1) is 0 Å². The quantitative estimate of drug-likeness (QED) is 0.0748. The van der Waals surface area contributed by atoms with Gasteiger partial charge in [0.05, 0.1) is 0 Å². The predicted molar refractivity (Wildman–Crippen MR) is 217 cm³/mol. The molecule has 0 saturated heterocycles. The van der Waals surface area contributed by atoms with Crippen molar-refractivity contribution in [2.24, 2.45) is 0 Å². The molecule has 0 saturated carbocycles. The van der Waals surface area contributed by atoms with Crippen LogP contribution in [0, 0.1) is 0 Å². The molecule has 0 aliphatic rings. The highest BCUT2D eigenvalue weighted by atomic mass is 15.2. The molecular formula is C48H54N4. The summed E-state index contributed by atoms with van der Waals surface area (Å²) in [6, 6.07) is 65.6. The third-order valence-corrected chi connectivity index (χ3v) is 9.69. The SMILES string of the molecule is c1ccc(CN(CCN(CCN(Cc2ccccc2)Cc2ccccc2)CCN(Cc2ccccc2)Cc2ccccc2)Cc2ccccc2)cc1. The molecule has 6 aromatic rings. The second-order valence-corrected chi connectivity index (χ2v) is 13.9. The fourth-order valence-electron chi connectivity index (χ4n) is 6.88. The number of hydrogen-bond acceptors (Lipinski definition) is 4. The van der Waals surface area contributed by atoms with Crippen LogP contribution in [0.5, 0.6) is 0 Å². The summed E-state index contributed by atoms with van der Waals surface area (Å²) in [6.45, 7) is 11.6. The Hall–Kier alpha value is -4.84. The van der Waals surface area contributed by atoms with E-state index in [4.69, 9.17) is 0 Å². The third kappa shape index (κ3) is 13.0. The van der Waals surface area contributed by atoms with E-state index < -0.39 is 0 Å². The summed E-state index contributed by atoms with van der Waals surface area (Å²) in [4.78, 5) is 10.6. The van der Waals surface area contributed by atoms with Gasteiger partial charge in [0, 0.05) is 78.5 Å². The molecule has 4 heteroatoms. The van der Waals surface area contributed by atoms with Gasteiger partial charge in [-0.2, -0.15) is 0 Å². The zero-order chi connectivity index (χ0) is 35.5. The minimum atomic E-state index is 0.936. The zero-order valence-corrected chi connectivity index (χ0v) is 30.6. The first-order valence-corrected chi connectivity index (χ1v) is 18.9. The van der Waals surface area contributed by atoms with Gasteiger partial charge in [0.25, 0.3) is 0 Å². The molecule has 0 fully saturated rings. The van der Waals surface area contributed by atoms with Crippen molar-refractivity contribution in [1.29, 1.82) is 0 Å². The number of hydrogen-bond donors (Lipinski definition) is 0. The molecule has 52 heavy (non-hydrogen) atoms. The third-order valence-electron chi connectivity index (χ3n) is 9.69. The van der Waals surface area contributed by atoms with Gasteiger partial charge in [0.15, 0.2) is 0 Å². The predicted octanol–water partition coefficient (Wildman–Crippen LogP) is 9.40. The van der Waals surface area contributed by atoms with Crippen LogP contribution in [0.2, 0.25) is 0 Å². The van der Waals surface area contributed by atoms with Gasteiger partial charge in [0.1, 0.15) is 0 Å². The van der Waals surface area contributed by atoms with Crippen LogP contribution in [0.4, 0.5) is 0 Å². The lowest BCUT2D eigenvalue weighted by atomic mass is 10.1. The average Bonchev–Trinajstić information content (AvgIpc) is 3.20. The van der Waals surface area contributed by atoms with E-state index in [-0.39, 0.29) is 0 Å². The molecular weight excluding hydrogens is 633 g/mol. The van der Waals surface area contributed by atoms with Gasteiger partial charge in [-0.05, 0) is 33.4 Å². The van der Waals surface area contributed by atoms with Gasteiger partial charge in [-0.3, -0.25) is 19.6 Å². The highest BCUT2D eigenvalue weighted by molar-refractivity contribution is 5.20. The van der Waals surface area contributed by atoms with E-state index in [0.717, 1.165) is 78.5 Å². The average molecular weight is 687 g/mol. The molecule has 0 N–H and O–H groups in total. The monoisotopic (exact) mass is 686 g/mol. The van der Waals surface area contributed by atoms with E-state index in [2.05, 4.69) is 202 Å². The molecule has 0 spiro atoms. The Labute approximate surface area is 312 Å². The Kier molecular flexibility index (Phi) is 14.8.